The van der Waals surface area contributed by atoms with Crippen molar-refractivity contribution in [1.29, 1.82) is 0 Å². The third-order valence-electron chi connectivity index (χ3n) is 3.97. The number of aromatic nitrogens is 1. The quantitative estimate of drug-likeness (QED) is 0.642. The average Bonchev–Trinajstić information content (AvgIpc) is 3.17. The van der Waals surface area contributed by atoms with E-state index in [0.29, 0.717) is 11.7 Å². The Kier molecular flexibility index (Phi) is 6.27. The number of benzene rings is 2. The van der Waals surface area contributed by atoms with E-state index in [4.69, 9.17) is 9.47 Å². The minimum Gasteiger partial charge on any atom is -0.497 e. The maximum absolute atomic E-state index is 12.0. The number of anilines is 1. The summed E-state index contributed by atoms with van der Waals surface area (Å²) in [5, 5.41) is 8.08. The fourth-order valence-corrected chi connectivity index (χ4v) is 3.19. The highest BCUT2D eigenvalue weighted by Crippen LogP contribution is 2.26. The third-order valence-corrected chi connectivity index (χ3v) is 4.73. The van der Waals surface area contributed by atoms with Crippen molar-refractivity contribution in [1.82, 2.24) is 10.3 Å². The Morgan fingerprint density at radius 2 is 1.63 bits per heavy atom. The number of amides is 2. The lowest BCUT2D eigenvalue weighted by Crippen LogP contribution is -2.30. The van der Waals surface area contributed by atoms with Gasteiger partial charge in [0.25, 0.3) is 0 Å². The molecule has 0 atom stereocenters. The zero-order chi connectivity index (χ0) is 19.1. The van der Waals surface area contributed by atoms with E-state index in [1.807, 2.05) is 53.9 Å². The first-order chi connectivity index (χ1) is 13.2. The van der Waals surface area contributed by atoms with E-state index in [0.717, 1.165) is 34.7 Å². The number of urea groups is 1. The number of methoxy groups -OCH3 is 2. The molecule has 0 bridgehead atoms. The molecular formula is C20H21N3O3S. The molecule has 2 N–H and O–H groups in total. The zero-order valence-electron chi connectivity index (χ0n) is 15.2. The van der Waals surface area contributed by atoms with Crippen LogP contribution in [0.5, 0.6) is 11.5 Å². The van der Waals surface area contributed by atoms with Crippen molar-refractivity contribution in [3.63, 3.8) is 0 Å². The molecule has 0 aliphatic rings. The number of nitrogens with zero attached hydrogens (tertiary/aromatic N) is 1. The summed E-state index contributed by atoms with van der Waals surface area (Å²) < 4.78 is 10.3. The molecule has 3 rings (SSSR count). The Labute approximate surface area is 162 Å². The van der Waals surface area contributed by atoms with Gasteiger partial charge in [0.2, 0.25) is 0 Å². The first-order valence-electron chi connectivity index (χ1n) is 8.45. The Balaban J connectivity index is 1.48. The molecule has 0 spiro atoms. The van der Waals surface area contributed by atoms with Crippen molar-refractivity contribution in [3.05, 3.63) is 59.5 Å². The second kappa shape index (κ2) is 9.05. The largest absolute Gasteiger partial charge is 0.497 e. The first-order valence-corrected chi connectivity index (χ1v) is 9.33. The second-order valence-corrected chi connectivity index (χ2v) is 6.60. The highest BCUT2D eigenvalue weighted by molar-refractivity contribution is 7.14. The molecule has 6 nitrogen and oxygen atoms in total. The van der Waals surface area contributed by atoms with Gasteiger partial charge < -0.3 is 14.8 Å². The van der Waals surface area contributed by atoms with Gasteiger partial charge in [0.1, 0.15) is 11.5 Å². The summed E-state index contributed by atoms with van der Waals surface area (Å²) in [5.41, 5.74) is 2.92. The maximum atomic E-state index is 12.0. The minimum absolute atomic E-state index is 0.265. The van der Waals surface area contributed by atoms with E-state index in [9.17, 15) is 4.79 Å². The lowest BCUT2D eigenvalue weighted by atomic mass is 10.1. The summed E-state index contributed by atoms with van der Waals surface area (Å²) in [4.78, 5) is 16.5. The van der Waals surface area contributed by atoms with Crippen molar-refractivity contribution >= 4 is 22.5 Å². The Bertz CT molecular complexity index is 876. The number of thiazole rings is 1. The van der Waals surface area contributed by atoms with Gasteiger partial charge in [0.15, 0.2) is 5.13 Å². The smallest absolute Gasteiger partial charge is 0.321 e. The Morgan fingerprint density at radius 3 is 2.26 bits per heavy atom. The van der Waals surface area contributed by atoms with E-state index in [1.54, 1.807) is 14.2 Å². The predicted octanol–water partition coefficient (Wildman–Crippen LogP) is 4.19. The fourth-order valence-electron chi connectivity index (χ4n) is 2.48. The van der Waals surface area contributed by atoms with Gasteiger partial charge in [0, 0.05) is 17.5 Å². The van der Waals surface area contributed by atoms with Crippen LogP contribution in [0.15, 0.2) is 53.9 Å². The molecule has 0 aliphatic carbocycles. The molecular weight excluding hydrogens is 362 g/mol. The van der Waals surface area contributed by atoms with E-state index < -0.39 is 0 Å². The van der Waals surface area contributed by atoms with Gasteiger partial charge in [-0.15, -0.1) is 11.3 Å². The average molecular weight is 383 g/mol. The molecule has 1 heterocycles. The molecule has 140 valence electrons. The van der Waals surface area contributed by atoms with Crippen LogP contribution in [0.1, 0.15) is 5.56 Å². The van der Waals surface area contributed by atoms with Crippen LogP contribution in [-0.2, 0) is 6.42 Å². The normalized spacial score (nSPS) is 10.3. The summed E-state index contributed by atoms with van der Waals surface area (Å²) >= 11 is 1.39. The van der Waals surface area contributed by atoms with E-state index in [2.05, 4.69) is 15.6 Å². The zero-order valence-corrected chi connectivity index (χ0v) is 16.0. The molecule has 3 aromatic rings. The molecule has 27 heavy (non-hydrogen) atoms. The molecule has 0 fully saturated rings. The second-order valence-electron chi connectivity index (χ2n) is 5.75. The van der Waals surface area contributed by atoms with Gasteiger partial charge in [-0.2, -0.15) is 0 Å². The van der Waals surface area contributed by atoms with E-state index in [-0.39, 0.29) is 6.03 Å². The molecule has 0 radical (unpaired) electrons. The molecule has 7 heteroatoms. The summed E-state index contributed by atoms with van der Waals surface area (Å²) in [5.74, 6) is 1.62. The van der Waals surface area contributed by atoms with Crippen molar-refractivity contribution in [3.8, 4) is 22.8 Å². The molecule has 2 amide bonds. The van der Waals surface area contributed by atoms with Gasteiger partial charge in [-0.05, 0) is 48.4 Å². The number of nitrogens with one attached hydrogen (secondary N) is 2. The number of carbonyl (C=O) groups is 1. The lowest BCUT2D eigenvalue weighted by Gasteiger charge is -2.06. The van der Waals surface area contributed by atoms with E-state index in [1.165, 1.54) is 11.3 Å². The highest BCUT2D eigenvalue weighted by Gasteiger charge is 2.08. The number of ether oxygens (including phenoxy) is 2. The Hall–Kier alpha value is -3.06. The van der Waals surface area contributed by atoms with Crippen molar-refractivity contribution in [2.45, 2.75) is 6.42 Å². The molecule has 0 aliphatic heterocycles. The molecule has 2 aromatic carbocycles. The topological polar surface area (TPSA) is 72.5 Å². The molecule has 0 unspecified atom stereocenters. The predicted molar refractivity (Wildman–Crippen MR) is 108 cm³/mol. The van der Waals surface area contributed by atoms with Crippen LogP contribution in [0, 0.1) is 0 Å². The molecule has 0 saturated heterocycles. The number of carbonyl (C=O) groups excluding carboxylic acids is 1. The SMILES string of the molecule is COc1ccc(CCNC(=O)Nc2nc(-c3ccc(OC)cc3)cs2)cc1. The number of hydrogen-bond acceptors (Lipinski definition) is 5. The minimum atomic E-state index is -0.265. The van der Waals surface area contributed by atoms with Crippen molar-refractivity contribution in [2.75, 3.05) is 26.1 Å². The summed E-state index contributed by atoms with van der Waals surface area (Å²) in [6, 6.07) is 15.2. The van der Waals surface area contributed by atoms with Crippen LogP contribution in [0.3, 0.4) is 0 Å². The van der Waals surface area contributed by atoms with Crippen molar-refractivity contribution in [2.24, 2.45) is 0 Å². The van der Waals surface area contributed by atoms with Crippen LogP contribution in [0.2, 0.25) is 0 Å². The van der Waals surface area contributed by atoms with Gasteiger partial charge in [-0.25, -0.2) is 9.78 Å². The van der Waals surface area contributed by atoms with Crippen LogP contribution in [-0.4, -0.2) is 31.8 Å². The summed E-state index contributed by atoms with van der Waals surface area (Å²) in [7, 11) is 3.27. The highest BCUT2D eigenvalue weighted by atomic mass is 32.1. The maximum Gasteiger partial charge on any atom is 0.321 e. The summed E-state index contributed by atoms with van der Waals surface area (Å²) in [6.07, 6.45) is 0.742. The van der Waals surface area contributed by atoms with Crippen LogP contribution < -0.4 is 20.1 Å². The van der Waals surface area contributed by atoms with Crippen LogP contribution >= 0.6 is 11.3 Å². The van der Waals surface area contributed by atoms with Gasteiger partial charge in [-0.1, -0.05) is 12.1 Å². The number of rotatable bonds is 7. The molecule has 1 aromatic heterocycles. The van der Waals surface area contributed by atoms with Gasteiger partial charge in [-0.3, -0.25) is 5.32 Å². The Morgan fingerprint density at radius 1 is 1.00 bits per heavy atom. The monoisotopic (exact) mass is 383 g/mol. The standard InChI is InChI=1S/C20H21N3O3S/c1-25-16-7-3-14(4-8-16)11-12-21-19(24)23-20-22-18(13-27-20)15-5-9-17(26-2)10-6-15/h3-10,13H,11-12H2,1-2H3,(H2,21,22,23,24). The first kappa shape index (κ1) is 18.7. The number of hydrogen-bond donors (Lipinski definition) is 2. The fraction of sp³-hybridized carbons (Fsp3) is 0.200. The van der Waals surface area contributed by atoms with Crippen LogP contribution in [0.25, 0.3) is 11.3 Å². The third kappa shape index (κ3) is 5.21. The molecule has 0 saturated carbocycles. The summed E-state index contributed by atoms with van der Waals surface area (Å²) in [6.45, 7) is 0.537. The van der Waals surface area contributed by atoms with Crippen LogP contribution in [0.4, 0.5) is 9.93 Å². The van der Waals surface area contributed by atoms with Gasteiger partial charge >= 0.3 is 6.03 Å². The van der Waals surface area contributed by atoms with Crippen molar-refractivity contribution < 1.29 is 14.3 Å². The van der Waals surface area contributed by atoms with E-state index >= 15 is 0 Å². The lowest BCUT2D eigenvalue weighted by molar-refractivity contribution is 0.252. The van der Waals surface area contributed by atoms with Gasteiger partial charge in [0.05, 0.1) is 19.9 Å².